The Morgan fingerprint density at radius 1 is 0.974 bits per heavy atom. The molecule has 4 aromatic rings. The van der Waals surface area contributed by atoms with Crippen LogP contribution in [0.4, 0.5) is 23.4 Å². The first-order chi connectivity index (χ1) is 18.7. The third-order valence-electron chi connectivity index (χ3n) is 6.28. The molecule has 3 aromatic heterocycles. The second-order valence-electron chi connectivity index (χ2n) is 9.02. The molecule has 1 saturated heterocycles. The van der Waals surface area contributed by atoms with Gasteiger partial charge in [0.05, 0.1) is 5.69 Å². The normalized spacial score (nSPS) is 14.1. The minimum atomic E-state index is 0.486. The molecule has 9 nitrogen and oxygen atoms in total. The first kappa shape index (κ1) is 25.7. The van der Waals surface area contributed by atoms with Crippen molar-refractivity contribution in [3.05, 3.63) is 72.7 Å². The minimum absolute atomic E-state index is 0.486. The van der Waals surface area contributed by atoms with Gasteiger partial charge in [-0.3, -0.25) is 10.1 Å². The summed E-state index contributed by atoms with van der Waals surface area (Å²) in [4.78, 5) is 24.2. The van der Waals surface area contributed by atoms with Gasteiger partial charge in [0.25, 0.3) is 0 Å². The van der Waals surface area contributed by atoms with Crippen molar-refractivity contribution >= 4 is 40.7 Å². The summed E-state index contributed by atoms with van der Waals surface area (Å²) in [5.41, 5.74) is 3.49. The Morgan fingerprint density at radius 2 is 1.74 bits per heavy atom. The highest BCUT2D eigenvalue weighted by Gasteiger charge is 2.21. The Hall–Kier alpha value is -3.92. The lowest BCUT2D eigenvalue weighted by Crippen LogP contribution is -2.47. The van der Waals surface area contributed by atoms with Gasteiger partial charge in [-0.05, 0) is 54.4 Å². The molecule has 1 fully saturated rings. The molecular weight excluding hydrogens is 494 g/mol. The van der Waals surface area contributed by atoms with Crippen LogP contribution in [0.3, 0.4) is 0 Å². The number of hydrogen-bond acceptors (Lipinski definition) is 9. The molecule has 4 heterocycles. The number of rotatable bonds is 10. The van der Waals surface area contributed by atoms with E-state index < -0.39 is 0 Å². The van der Waals surface area contributed by atoms with Gasteiger partial charge in [0, 0.05) is 55.2 Å². The lowest BCUT2D eigenvalue weighted by molar-refractivity contribution is 0.634. The van der Waals surface area contributed by atoms with E-state index in [1.54, 1.807) is 0 Å². The van der Waals surface area contributed by atoms with Crippen molar-refractivity contribution in [3.8, 4) is 0 Å². The van der Waals surface area contributed by atoms with Gasteiger partial charge in [-0.2, -0.15) is 20.1 Å². The number of aromatic amines is 1. The van der Waals surface area contributed by atoms with Crippen molar-refractivity contribution in [2.45, 2.75) is 43.2 Å². The fraction of sp³-hybridized carbons (Fsp3) is 0.321. The maximum absolute atomic E-state index is 4.83. The standard InChI is InChI=1S/C28H33N9S/c1-3-8-21(9-4-2)24-20-25(35-34-24)30-26-31-27(33-28(32-26)38-23-10-6-5-7-11-23)37-18-16-36(17-19-37)22-12-14-29-15-13-22/h5-8,10-15,20H,3-4,9,16-19H2,1-2H3,(H2,30,31,32,33,34,35)/b21-8+. The highest BCUT2D eigenvalue weighted by atomic mass is 32.2. The summed E-state index contributed by atoms with van der Waals surface area (Å²) in [5.74, 6) is 1.84. The summed E-state index contributed by atoms with van der Waals surface area (Å²) < 4.78 is 0. The van der Waals surface area contributed by atoms with Gasteiger partial charge in [0.15, 0.2) is 11.0 Å². The maximum atomic E-state index is 4.83. The fourth-order valence-electron chi connectivity index (χ4n) is 4.43. The second-order valence-corrected chi connectivity index (χ2v) is 10.1. The van der Waals surface area contributed by atoms with Crippen molar-refractivity contribution < 1.29 is 0 Å². The molecule has 0 aliphatic carbocycles. The van der Waals surface area contributed by atoms with Crippen molar-refractivity contribution in [2.75, 3.05) is 41.3 Å². The molecule has 0 spiro atoms. The number of H-pyrrole nitrogens is 1. The Bertz CT molecular complexity index is 1330. The molecule has 1 aromatic carbocycles. The van der Waals surface area contributed by atoms with Gasteiger partial charge in [0.1, 0.15) is 0 Å². The zero-order valence-electron chi connectivity index (χ0n) is 21.8. The molecule has 38 heavy (non-hydrogen) atoms. The first-order valence-corrected chi connectivity index (χ1v) is 13.9. The summed E-state index contributed by atoms with van der Waals surface area (Å²) in [6.45, 7) is 7.74. The molecule has 0 amide bonds. The number of allylic oxidation sites excluding steroid dienone is 2. The van der Waals surface area contributed by atoms with Crippen LogP contribution in [0.15, 0.2) is 77.1 Å². The quantitative estimate of drug-likeness (QED) is 0.265. The molecule has 0 radical (unpaired) electrons. The molecule has 0 bridgehead atoms. The molecule has 0 atom stereocenters. The Labute approximate surface area is 227 Å². The van der Waals surface area contributed by atoms with Crippen molar-refractivity contribution in [2.24, 2.45) is 0 Å². The Morgan fingerprint density at radius 3 is 2.47 bits per heavy atom. The van der Waals surface area contributed by atoms with Crippen LogP contribution < -0.4 is 15.1 Å². The maximum Gasteiger partial charge on any atom is 0.234 e. The van der Waals surface area contributed by atoms with E-state index in [-0.39, 0.29) is 0 Å². The summed E-state index contributed by atoms with van der Waals surface area (Å²) in [7, 11) is 0. The minimum Gasteiger partial charge on any atom is -0.368 e. The number of piperazine rings is 1. The average molecular weight is 528 g/mol. The molecule has 196 valence electrons. The molecule has 2 N–H and O–H groups in total. The number of pyridine rings is 1. The van der Waals surface area contributed by atoms with E-state index >= 15 is 0 Å². The van der Waals surface area contributed by atoms with Crippen LogP contribution in [0, 0.1) is 0 Å². The van der Waals surface area contributed by atoms with Crippen molar-refractivity contribution in [1.82, 2.24) is 30.1 Å². The number of hydrogen-bond donors (Lipinski definition) is 2. The monoisotopic (exact) mass is 527 g/mol. The molecule has 0 unspecified atom stereocenters. The number of benzene rings is 1. The molecule has 1 aliphatic rings. The van der Waals surface area contributed by atoms with Crippen LogP contribution in [0.5, 0.6) is 0 Å². The van der Waals surface area contributed by atoms with Crippen LogP contribution in [0.2, 0.25) is 0 Å². The SMILES string of the molecule is CC/C=C(\CCC)c1cc(Nc2nc(Sc3ccccc3)nc(N3CCN(c4ccncc4)CC3)n2)n[nH]1. The number of nitrogens with one attached hydrogen (secondary N) is 2. The smallest absolute Gasteiger partial charge is 0.234 e. The van der Waals surface area contributed by atoms with Crippen molar-refractivity contribution in [3.63, 3.8) is 0 Å². The Kier molecular flexibility index (Phi) is 8.49. The van der Waals surface area contributed by atoms with E-state index in [2.05, 4.69) is 74.5 Å². The highest BCUT2D eigenvalue weighted by molar-refractivity contribution is 7.99. The van der Waals surface area contributed by atoms with Crippen LogP contribution in [-0.4, -0.2) is 56.3 Å². The van der Waals surface area contributed by atoms with Gasteiger partial charge in [-0.1, -0.05) is 44.5 Å². The summed E-state index contributed by atoms with van der Waals surface area (Å²) in [5, 5.41) is 11.6. The van der Waals surface area contributed by atoms with E-state index in [0.29, 0.717) is 22.9 Å². The van der Waals surface area contributed by atoms with Gasteiger partial charge in [-0.15, -0.1) is 0 Å². The highest BCUT2D eigenvalue weighted by Crippen LogP contribution is 2.28. The van der Waals surface area contributed by atoms with Crippen LogP contribution in [0.1, 0.15) is 38.8 Å². The van der Waals surface area contributed by atoms with Crippen LogP contribution in [-0.2, 0) is 0 Å². The topological polar surface area (TPSA) is 98.8 Å². The van der Waals surface area contributed by atoms with Gasteiger partial charge < -0.3 is 15.1 Å². The summed E-state index contributed by atoms with van der Waals surface area (Å²) in [6, 6.07) is 16.3. The predicted octanol–water partition coefficient (Wildman–Crippen LogP) is 5.80. The van der Waals surface area contributed by atoms with E-state index in [0.717, 1.165) is 56.0 Å². The van der Waals surface area contributed by atoms with Gasteiger partial charge in [-0.25, -0.2) is 0 Å². The van der Waals surface area contributed by atoms with Crippen LogP contribution in [0.25, 0.3) is 5.57 Å². The lowest BCUT2D eigenvalue weighted by Gasteiger charge is -2.36. The third-order valence-corrected chi connectivity index (χ3v) is 7.15. The zero-order valence-corrected chi connectivity index (χ0v) is 22.7. The molecule has 5 rings (SSSR count). The van der Waals surface area contributed by atoms with E-state index in [4.69, 9.17) is 15.0 Å². The van der Waals surface area contributed by atoms with E-state index in [1.807, 2.05) is 36.7 Å². The number of anilines is 4. The predicted molar refractivity (Wildman–Crippen MR) is 154 cm³/mol. The zero-order chi connectivity index (χ0) is 26.2. The largest absolute Gasteiger partial charge is 0.368 e. The molecule has 0 saturated carbocycles. The van der Waals surface area contributed by atoms with Gasteiger partial charge >= 0.3 is 0 Å². The fourth-order valence-corrected chi connectivity index (χ4v) is 5.19. The number of aromatic nitrogens is 6. The van der Waals surface area contributed by atoms with E-state index in [1.165, 1.54) is 23.0 Å². The molecular formula is C28H33N9S. The van der Waals surface area contributed by atoms with Gasteiger partial charge in [0.2, 0.25) is 11.9 Å². The number of nitrogens with zero attached hydrogens (tertiary/aromatic N) is 7. The lowest BCUT2D eigenvalue weighted by atomic mass is 10.1. The first-order valence-electron chi connectivity index (χ1n) is 13.1. The Balaban J connectivity index is 1.37. The second kappa shape index (κ2) is 12.6. The average Bonchev–Trinajstić information content (AvgIpc) is 3.42. The third kappa shape index (κ3) is 6.49. The molecule has 1 aliphatic heterocycles. The van der Waals surface area contributed by atoms with E-state index in [9.17, 15) is 0 Å². The van der Waals surface area contributed by atoms with Crippen molar-refractivity contribution in [1.29, 1.82) is 0 Å². The summed E-state index contributed by atoms with van der Waals surface area (Å²) in [6.07, 6.45) is 9.00. The summed E-state index contributed by atoms with van der Waals surface area (Å²) >= 11 is 1.53. The van der Waals surface area contributed by atoms with Crippen LogP contribution >= 0.6 is 11.8 Å². The molecule has 10 heteroatoms.